The van der Waals surface area contributed by atoms with Crippen molar-refractivity contribution in [2.24, 2.45) is 5.92 Å². The Kier molecular flexibility index (Phi) is 4.20. The van der Waals surface area contributed by atoms with Gasteiger partial charge in [0.05, 0.1) is 7.11 Å². The Morgan fingerprint density at radius 2 is 1.58 bits per heavy atom. The second-order valence-electron chi connectivity index (χ2n) is 2.72. The summed E-state index contributed by atoms with van der Waals surface area (Å²) < 4.78 is 14.6. The van der Waals surface area contributed by atoms with Crippen molar-refractivity contribution in [3.8, 4) is 0 Å². The van der Waals surface area contributed by atoms with E-state index in [-0.39, 0.29) is 5.92 Å². The Balaban J connectivity index is 4.69. The molecule has 72 valence electrons. The number of methoxy groups -OCH3 is 3. The minimum Gasteiger partial charge on any atom is -0.465 e. The molecule has 0 radical (unpaired) electrons. The van der Waals surface area contributed by atoms with Gasteiger partial charge in [-0.15, -0.1) is 0 Å². The predicted molar refractivity (Wildman–Crippen MR) is 43.6 cm³/mol. The van der Waals surface area contributed by atoms with Crippen LogP contribution in [-0.2, 0) is 19.0 Å². The summed E-state index contributed by atoms with van der Waals surface area (Å²) in [5.74, 6) is -1.88. The maximum absolute atomic E-state index is 11.3. The summed E-state index contributed by atoms with van der Waals surface area (Å²) in [5, 5.41) is 0. The van der Waals surface area contributed by atoms with Crippen LogP contribution in [0.25, 0.3) is 0 Å². The minimum absolute atomic E-state index is 0.0973. The van der Waals surface area contributed by atoms with Gasteiger partial charge in [-0.2, -0.15) is 0 Å². The van der Waals surface area contributed by atoms with Crippen LogP contribution in [0.3, 0.4) is 0 Å². The summed E-state index contributed by atoms with van der Waals surface area (Å²) in [7, 11) is 4.14. The summed E-state index contributed by atoms with van der Waals surface area (Å²) in [5.41, 5.74) is 0. The Hall–Kier alpha value is -0.610. The number of hydrogen-bond acceptors (Lipinski definition) is 4. The normalized spacial score (nSPS) is 11.8. The van der Waals surface area contributed by atoms with Crippen LogP contribution in [0, 0.1) is 5.92 Å². The number of esters is 1. The number of hydrogen-bond donors (Lipinski definition) is 0. The fraction of sp³-hybridized carbons (Fsp3) is 0.875. The average molecular weight is 176 g/mol. The average Bonchev–Trinajstić information content (AvgIpc) is 2.06. The molecule has 0 saturated carbocycles. The Morgan fingerprint density at radius 1 is 1.17 bits per heavy atom. The summed E-state index contributed by atoms with van der Waals surface area (Å²) in [4.78, 5) is 11.3. The largest absolute Gasteiger partial charge is 0.465 e. The summed E-state index contributed by atoms with van der Waals surface area (Å²) in [6.45, 7) is 3.65. The molecular weight excluding hydrogens is 160 g/mol. The number of rotatable bonds is 4. The molecule has 0 rings (SSSR count). The molecule has 0 aromatic rings. The molecule has 0 unspecified atom stereocenters. The van der Waals surface area contributed by atoms with Gasteiger partial charge in [0.25, 0.3) is 5.79 Å². The van der Waals surface area contributed by atoms with Crippen molar-refractivity contribution in [1.82, 2.24) is 0 Å². The third-order valence-electron chi connectivity index (χ3n) is 1.84. The first-order chi connectivity index (χ1) is 5.55. The lowest BCUT2D eigenvalue weighted by Crippen LogP contribution is -2.48. The molecule has 0 N–H and O–H groups in total. The van der Waals surface area contributed by atoms with Gasteiger partial charge in [-0.3, -0.25) is 0 Å². The molecule has 0 fully saturated rings. The minimum atomic E-state index is -1.27. The predicted octanol–water partition coefficient (Wildman–Crippen LogP) is 0.804. The molecule has 0 heterocycles. The third kappa shape index (κ3) is 1.76. The summed E-state index contributed by atoms with van der Waals surface area (Å²) in [6.07, 6.45) is 0. The van der Waals surface area contributed by atoms with E-state index < -0.39 is 11.8 Å². The third-order valence-corrected chi connectivity index (χ3v) is 1.84. The Labute approximate surface area is 72.8 Å². The molecule has 0 aromatic carbocycles. The van der Waals surface area contributed by atoms with Crippen LogP contribution in [0.1, 0.15) is 13.8 Å². The van der Waals surface area contributed by atoms with Crippen LogP contribution in [0.15, 0.2) is 0 Å². The van der Waals surface area contributed by atoms with E-state index in [1.165, 1.54) is 21.3 Å². The summed E-state index contributed by atoms with van der Waals surface area (Å²) in [6, 6.07) is 0. The lowest BCUT2D eigenvalue weighted by Gasteiger charge is -2.31. The van der Waals surface area contributed by atoms with Crippen LogP contribution < -0.4 is 0 Å². The van der Waals surface area contributed by atoms with E-state index in [9.17, 15) is 4.79 Å². The van der Waals surface area contributed by atoms with Gasteiger partial charge in [-0.1, -0.05) is 13.8 Å². The van der Waals surface area contributed by atoms with E-state index in [0.29, 0.717) is 0 Å². The van der Waals surface area contributed by atoms with Crippen LogP contribution in [0.2, 0.25) is 0 Å². The van der Waals surface area contributed by atoms with Gasteiger partial charge in [-0.25, -0.2) is 4.79 Å². The molecule has 0 spiro atoms. The molecule has 0 aliphatic heterocycles. The van der Waals surface area contributed by atoms with E-state index in [1.54, 1.807) is 0 Å². The first-order valence-electron chi connectivity index (χ1n) is 3.73. The molecule has 0 aliphatic carbocycles. The van der Waals surface area contributed by atoms with Crippen molar-refractivity contribution in [3.05, 3.63) is 0 Å². The quantitative estimate of drug-likeness (QED) is 0.469. The Morgan fingerprint density at radius 3 is 1.67 bits per heavy atom. The molecule has 0 saturated heterocycles. The molecule has 0 amide bonds. The lowest BCUT2D eigenvalue weighted by atomic mass is 10.0. The highest BCUT2D eigenvalue weighted by atomic mass is 16.7. The molecule has 12 heavy (non-hydrogen) atoms. The highest BCUT2D eigenvalue weighted by Crippen LogP contribution is 2.23. The number of carbonyl (C=O) groups excluding carboxylic acids is 1. The van der Waals surface area contributed by atoms with Gasteiger partial charge in [0.15, 0.2) is 0 Å². The highest BCUT2D eigenvalue weighted by Gasteiger charge is 2.43. The van der Waals surface area contributed by atoms with Gasteiger partial charge in [-0.05, 0) is 0 Å². The number of ether oxygens (including phenoxy) is 3. The van der Waals surface area contributed by atoms with E-state index >= 15 is 0 Å². The smallest absolute Gasteiger partial charge is 0.366 e. The molecule has 4 heteroatoms. The molecule has 0 bridgehead atoms. The van der Waals surface area contributed by atoms with Crippen LogP contribution >= 0.6 is 0 Å². The molecule has 0 aliphatic rings. The van der Waals surface area contributed by atoms with Gasteiger partial charge >= 0.3 is 5.97 Å². The van der Waals surface area contributed by atoms with Gasteiger partial charge in [0.1, 0.15) is 0 Å². The Bertz CT molecular complexity index is 149. The van der Waals surface area contributed by atoms with Gasteiger partial charge in [0.2, 0.25) is 0 Å². The van der Waals surface area contributed by atoms with E-state index in [0.717, 1.165) is 0 Å². The second kappa shape index (κ2) is 4.42. The molecule has 4 nitrogen and oxygen atoms in total. The van der Waals surface area contributed by atoms with Crippen molar-refractivity contribution in [2.45, 2.75) is 19.6 Å². The van der Waals surface area contributed by atoms with E-state index in [1.807, 2.05) is 13.8 Å². The van der Waals surface area contributed by atoms with Crippen molar-refractivity contribution in [2.75, 3.05) is 21.3 Å². The molecule has 0 atom stereocenters. The van der Waals surface area contributed by atoms with E-state index in [2.05, 4.69) is 4.74 Å². The van der Waals surface area contributed by atoms with Gasteiger partial charge < -0.3 is 14.2 Å². The van der Waals surface area contributed by atoms with Crippen LogP contribution in [0.4, 0.5) is 0 Å². The van der Waals surface area contributed by atoms with E-state index in [4.69, 9.17) is 9.47 Å². The maximum Gasteiger partial charge on any atom is 0.366 e. The fourth-order valence-corrected chi connectivity index (χ4v) is 1.10. The molecular formula is C8H16O4. The van der Waals surface area contributed by atoms with Crippen LogP contribution in [-0.4, -0.2) is 33.1 Å². The van der Waals surface area contributed by atoms with Crippen molar-refractivity contribution in [3.63, 3.8) is 0 Å². The highest BCUT2D eigenvalue weighted by molar-refractivity contribution is 5.78. The monoisotopic (exact) mass is 176 g/mol. The van der Waals surface area contributed by atoms with Crippen molar-refractivity contribution in [1.29, 1.82) is 0 Å². The SMILES string of the molecule is COC(=O)C(OC)(OC)C(C)C. The number of carbonyl (C=O) groups is 1. The fourth-order valence-electron chi connectivity index (χ4n) is 1.10. The van der Waals surface area contributed by atoms with Gasteiger partial charge in [0, 0.05) is 20.1 Å². The zero-order chi connectivity index (χ0) is 9.78. The zero-order valence-electron chi connectivity index (χ0n) is 8.21. The zero-order valence-corrected chi connectivity index (χ0v) is 8.21. The topological polar surface area (TPSA) is 44.8 Å². The maximum atomic E-state index is 11.3. The standard InChI is InChI=1S/C8H16O4/c1-6(2)8(11-4,12-5)7(9)10-3/h6H,1-5H3. The van der Waals surface area contributed by atoms with Crippen molar-refractivity contribution >= 4 is 5.97 Å². The first kappa shape index (κ1) is 11.4. The first-order valence-corrected chi connectivity index (χ1v) is 3.73. The van der Waals surface area contributed by atoms with Crippen molar-refractivity contribution < 1.29 is 19.0 Å². The second-order valence-corrected chi connectivity index (χ2v) is 2.72. The lowest BCUT2D eigenvalue weighted by molar-refractivity contribution is -0.244. The molecule has 0 aromatic heterocycles. The van der Waals surface area contributed by atoms with Crippen LogP contribution in [0.5, 0.6) is 0 Å². The summed E-state index contributed by atoms with van der Waals surface area (Å²) >= 11 is 0.